The zero-order valence-electron chi connectivity index (χ0n) is 12.4. The summed E-state index contributed by atoms with van der Waals surface area (Å²) in [6, 6.07) is 8.57. The van der Waals surface area contributed by atoms with Crippen LogP contribution in [-0.4, -0.2) is 28.1 Å². The van der Waals surface area contributed by atoms with E-state index in [-0.39, 0.29) is 12.0 Å². The lowest BCUT2D eigenvalue weighted by atomic mass is 10.0. The summed E-state index contributed by atoms with van der Waals surface area (Å²) in [5, 5.41) is 8.84. The van der Waals surface area contributed by atoms with Crippen LogP contribution in [0.4, 0.5) is 0 Å². The van der Waals surface area contributed by atoms with Gasteiger partial charge in [-0.15, -0.1) is 0 Å². The van der Waals surface area contributed by atoms with E-state index in [1.807, 2.05) is 0 Å². The van der Waals surface area contributed by atoms with Gasteiger partial charge < -0.3 is 5.11 Å². The molecule has 0 saturated heterocycles. The normalized spacial score (nSPS) is 11.8. The molecule has 106 valence electrons. The maximum atomic E-state index is 10.7. The fraction of sp³-hybridized carbons (Fsp3) is 0.562. The van der Waals surface area contributed by atoms with Crippen LogP contribution in [0.3, 0.4) is 0 Å². The molecule has 0 aliphatic rings. The van der Waals surface area contributed by atoms with Crippen LogP contribution in [0.5, 0.6) is 0 Å². The Morgan fingerprint density at radius 2 is 1.68 bits per heavy atom. The Labute approximate surface area is 116 Å². The zero-order valence-corrected chi connectivity index (χ0v) is 12.4. The molecule has 1 N–H and O–H groups in total. The van der Waals surface area contributed by atoms with Crippen LogP contribution in [0.1, 0.15) is 45.2 Å². The number of aliphatic carboxylic acids is 1. The molecule has 1 aromatic carbocycles. The molecule has 0 spiro atoms. The Morgan fingerprint density at radius 3 is 2.11 bits per heavy atom. The molecule has 3 heteroatoms. The third-order valence-electron chi connectivity index (χ3n) is 3.35. The van der Waals surface area contributed by atoms with E-state index in [0.717, 1.165) is 13.0 Å². The number of benzene rings is 1. The average molecular weight is 263 g/mol. The second kappa shape index (κ2) is 6.71. The van der Waals surface area contributed by atoms with E-state index >= 15 is 0 Å². The van der Waals surface area contributed by atoms with Crippen molar-refractivity contribution in [3.63, 3.8) is 0 Å². The molecule has 0 bridgehead atoms. The highest BCUT2D eigenvalue weighted by molar-refractivity contribution is 5.66. The molecule has 0 amide bonds. The molecular formula is C16H25NO2. The lowest BCUT2D eigenvalue weighted by Gasteiger charge is -2.35. The largest absolute Gasteiger partial charge is 0.481 e. The number of rotatable bonds is 6. The van der Waals surface area contributed by atoms with Gasteiger partial charge in [-0.05, 0) is 38.3 Å². The van der Waals surface area contributed by atoms with Gasteiger partial charge in [0, 0.05) is 18.6 Å². The van der Waals surface area contributed by atoms with Crippen LogP contribution in [0.2, 0.25) is 0 Å². The highest BCUT2D eigenvalue weighted by atomic mass is 16.4. The number of hydrogen-bond donors (Lipinski definition) is 1. The van der Waals surface area contributed by atoms with E-state index in [4.69, 9.17) is 5.11 Å². The van der Waals surface area contributed by atoms with Crippen molar-refractivity contribution in [2.75, 3.05) is 6.54 Å². The summed E-state index contributed by atoms with van der Waals surface area (Å²) in [6.07, 6.45) is 1.23. The minimum atomic E-state index is -0.740. The second-order valence-electron chi connectivity index (χ2n) is 5.91. The van der Waals surface area contributed by atoms with Crippen molar-refractivity contribution in [1.29, 1.82) is 0 Å². The fourth-order valence-electron chi connectivity index (χ4n) is 1.98. The van der Waals surface area contributed by atoms with Crippen LogP contribution in [-0.2, 0) is 17.8 Å². The minimum Gasteiger partial charge on any atom is -0.481 e. The molecule has 0 atom stereocenters. The Balaban J connectivity index is 2.72. The molecule has 1 aromatic rings. The Bertz CT molecular complexity index is 404. The molecule has 19 heavy (non-hydrogen) atoms. The van der Waals surface area contributed by atoms with E-state index < -0.39 is 5.97 Å². The van der Waals surface area contributed by atoms with Crippen molar-refractivity contribution >= 4 is 5.97 Å². The predicted octanol–water partition coefficient (Wildman–Crippen LogP) is 3.32. The Morgan fingerprint density at radius 1 is 1.16 bits per heavy atom. The molecule has 0 fully saturated rings. The summed E-state index contributed by atoms with van der Waals surface area (Å²) < 4.78 is 0. The van der Waals surface area contributed by atoms with Crippen LogP contribution in [0.15, 0.2) is 24.3 Å². The number of carboxylic acid groups (broad SMARTS) is 1. The van der Waals surface area contributed by atoms with Gasteiger partial charge in [0.15, 0.2) is 0 Å². The number of carboxylic acids is 1. The molecule has 0 aliphatic heterocycles. The monoisotopic (exact) mass is 263 g/mol. The van der Waals surface area contributed by atoms with Crippen molar-refractivity contribution in [1.82, 2.24) is 4.90 Å². The average Bonchev–Trinajstić information content (AvgIpc) is 2.33. The molecular weight excluding hydrogens is 238 g/mol. The predicted molar refractivity (Wildman–Crippen MR) is 78.2 cm³/mol. The summed E-state index contributed by atoms with van der Waals surface area (Å²) in [5.74, 6) is -0.740. The lowest BCUT2D eigenvalue weighted by molar-refractivity contribution is -0.137. The van der Waals surface area contributed by atoms with Crippen LogP contribution in [0.25, 0.3) is 0 Å². The van der Waals surface area contributed by atoms with Gasteiger partial charge in [0.2, 0.25) is 0 Å². The van der Waals surface area contributed by atoms with Crippen molar-refractivity contribution in [3.8, 4) is 0 Å². The van der Waals surface area contributed by atoms with Gasteiger partial charge in [-0.25, -0.2) is 0 Å². The van der Waals surface area contributed by atoms with E-state index in [0.29, 0.717) is 6.54 Å². The second-order valence-corrected chi connectivity index (χ2v) is 5.91. The first-order valence-corrected chi connectivity index (χ1v) is 6.87. The van der Waals surface area contributed by atoms with Crippen LogP contribution >= 0.6 is 0 Å². The van der Waals surface area contributed by atoms with Crippen molar-refractivity contribution in [2.45, 2.75) is 52.6 Å². The van der Waals surface area contributed by atoms with Crippen LogP contribution < -0.4 is 0 Å². The van der Waals surface area contributed by atoms with Gasteiger partial charge in [-0.2, -0.15) is 0 Å². The standard InChI is InChI=1S/C16H25NO2/c1-5-13-6-8-14(9-7-13)12-17(16(2,3)4)11-10-15(18)19/h6-9H,5,10-12H2,1-4H3,(H,18,19). The van der Waals surface area contributed by atoms with E-state index in [2.05, 4.69) is 56.9 Å². The fourth-order valence-corrected chi connectivity index (χ4v) is 1.98. The SMILES string of the molecule is CCc1ccc(CN(CCC(=O)O)C(C)(C)C)cc1. The van der Waals surface area contributed by atoms with Gasteiger partial charge in [-0.1, -0.05) is 31.2 Å². The maximum absolute atomic E-state index is 10.7. The van der Waals surface area contributed by atoms with Gasteiger partial charge in [-0.3, -0.25) is 9.69 Å². The molecule has 1 rings (SSSR count). The van der Waals surface area contributed by atoms with Crippen molar-refractivity contribution < 1.29 is 9.90 Å². The molecule has 0 saturated carbocycles. The number of carbonyl (C=O) groups is 1. The van der Waals surface area contributed by atoms with Gasteiger partial charge in [0.1, 0.15) is 0 Å². The third-order valence-corrected chi connectivity index (χ3v) is 3.35. The topological polar surface area (TPSA) is 40.5 Å². The lowest BCUT2D eigenvalue weighted by Crippen LogP contribution is -2.42. The number of hydrogen-bond acceptors (Lipinski definition) is 2. The molecule has 0 unspecified atom stereocenters. The summed E-state index contributed by atoms with van der Waals surface area (Å²) in [6.45, 7) is 9.87. The summed E-state index contributed by atoms with van der Waals surface area (Å²) in [5.41, 5.74) is 2.54. The van der Waals surface area contributed by atoms with Crippen molar-refractivity contribution in [3.05, 3.63) is 35.4 Å². The zero-order chi connectivity index (χ0) is 14.5. The maximum Gasteiger partial charge on any atom is 0.304 e. The van der Waals surface area contributed by atoms with E-state index in [1.165, 1.54) is 11.1 Å². The summed E-state index contributed by atoms with van der Waals surface area (Å²) >= 11 is 0. The highest BCUT2D eigenvalue weighted by Gasteiger charge is 2.21. The van der Waals surface area contributed by atoms with E-state index in [1.54, 1.807) is 0 Å². The Kier molecular flexibility index (Phi) is 5.55. The molecule has 0 radical (unpaired) electrons. The summed E-state index contributed by atoms with van der Waals surface area (Å²) in [7, 11) is 0. The van der Waals surface area contributed by atoms with E-state index in [9.17, 15) is 4.79 Å². The van der Waals surface area contributed by atoms with Gasteiger partial charge in [0.25, 0.3) is 0 Å². The van der Waals surface area contributed by atoms with Gasteiger partial charge >= 0.3 is 5.97 Å². The molecule has 0 heterocycles. The quantitative estimate of drug-likeness (QED) is 0.856. The molecule has 0 aliphatic carbocycles. The first-order chi connectivity index (χ1) is 8.82. The van der Waals surface area contributed by atoms with Crippen molar-refractivity contribution in [2.24, 2.45) is 0 Å². The minimum absolute atomic E-state index is 0.0289. The smallest absolute Gasteiger partial charge is 0.304 e. The third kappa shape index (κ3) is 5.43. The molecule has 0 aromatic heterocycles. The Hall–Kier alpha value is -1.35. The number of nitrogens with zero attached hydrogens (tertiary/aromatic N) is 1. The first kappa shape index (κ1) is 15.7. The van der Waals surface area contributed by atoms with Crippen LogP contribution in [0, 0.1) is 0 Å². The number of aryl methyl sites for hydroxylation is 1. The van der Waals surface area contributed by atoms with Gasteiger partial charge in [0.05, 0.1) is 6.42 Å². The summed E-state index contributed by atoms with van der Waals surface area (Å²) in [4.78, 5) is 13.0. The first-order valence-electron chi connectivity index (χ1n) is 6.87. The highest BCUT2D eigenvalue weighted by Crippen LogP contribution is 2.18. The molecule has 3 nitrogen and oxygen atoms in total.